The first-order chi connectivity index (χ1) is 6.61. The number of Topliss-reactive ketones (excluding diaryl/α,β-unsaturated/α-hetero) is 1. The van der Waals surface area contributed by atoms with Crippen molar-refractivity contribution in [2.75, 3.05) is 0 Å². The van der Waals surface area contributed by atoms with Crippen LogP contribution < -0.4 is 0 Å². The molecular weight excluding hydrogens is 182 g/mol. The molecule has 0 aromatic heterocycles. The van der Waals surface area contributed by atoms with Crippen LogP contribution in [0.3, 0.4) is 0 Å². The zero-order valence-corrected chi connectivity index (χ0v) is 7.36. The van der Waals surface area contributed by atoms with Crippen LogP contribution in [0.15, 0.2) is 30.3 Å². The van der Waals surface area contributed by atoms with Crippen LogP contribution in [0.1, 0.15) is 16.8 Å². The van der Waals surface area contributed by atoms with E-state index in [2.05, 4.69) is 0 Å². The maximum absolute atomic E-state index is 11.4. The predicted octanol–water partition coefficient (Wildman–Crippen LogP) is 1.36. The van der Waals surface area contributed by atoms with Gasteiger partial charge in [-0.05, 0) is 0 Å². The Bertz CT molecular complexity index is 370. The van der Waals surface area contributed by atoms with E-state index in [1.165, 1.54) is 0 Å². The van der Waals surface area contributed by atoms with Gasteiger partial charge in [0.2, 0.25) is 0 Å². The van der Waals surface area contributed by atoms with Gasteiger partial charge in [0.1, 0.15) is 5.71 Å². The second kappa shape index (κ2) is 4.32. The lowest BCUT2D eigenvalue weighted by Crippen LogP contribution is -2.16. The molecule has 0 atom stereocenters. The largest absolute Gasteiger partial charge is 0.477 e. The molecule has 0 aliphatic rings. The lowest BCUT2D eigenvalue weighted by Gasteiger charge is -1.98. The normalized spacial score (nSPS) is 9.43. The Labute approximate surface area is 80.7 Å². The van der Waals surface area contributed by atoms with E-state index in [0.29, 0.717) is 5.56 Å². The Balaban J connectivity index is 2.69. The minimum atomic E-state index is -1.35. The van der Waals surface area contributed by atoms with Crippen molar-refractivity contribution in [3.63, 3.8) is 0 Å². The summed E-state index contributed by atoms with van der Waals surface area (Å²) in [5.74, 6) is -1.70. The predicted molar refractivity (Wildman–Crippen MR) is 50.8 cm³/mol. The van der Waals surface area contributed by atoms with Crippen molar-refractivity contribution in [1.29, 1.82) is 5.41 Å². The topological polar surface area (TPSA) is 78.2 Å². The standard InChI is InChI=1S/C10H9NO3/c11-8(10(13)14)6-9(12)7-4-2-1-3-5-7/h1-5,11H,6H2,(H,13,14). The van der Waals surface area contributed by atoms with Crippen molar-refractivity contribution in [1.82, 2.24) is 0 Å². The number of rotatable bonds is 4. The quantitative estimate of drug-likeness (QED) is 0.557. The van der Waals surface area contributed by atoms with Gasteiger partial charge in [-0.15, -0.1) is 0 Å². The number of ketones is 1. The Hall–Kier alpha value is -1.97. The summed E-state index contributed by atoms with van der Waals surface area (Å²) < 4.78 is 0. The molecule has 1 aromatic rings. The third-order valence-corrected chi connectivity index (χ3v) is 1.69. The molecule has 0 heterocycles. The highest BCUT2D eigenvalue weighted by atomic mass is 16.4. The molecule has 0 bridgehead atoms. The Kier molecular flexibility index (Phi) is 3.12. The zero-order valence-electron chi connectivity index (χ0n) is 7.36. The molecule has 2 N–H and O–H groups in total. The molecule has 0 spiro atoms. The van der Waals surface area contributed by atoms with Crippen molar-refractivity contribution in [3.8, 4) is 0 Å². The molecule has 4 nitrogen and oxygen atoms in total. The van der Waals surface area contributed by atoms with Crippen molar-refractivity contribution in [2.24, 2.45) is 0 Å². The minimum Gasteiger partial charge on any atom is -0.477 e. The van der Waals surface area contributed by atoms with Crippen molar-refractivity contribution >= 4 is 17.5 Å². The van der Waals surface area contributed by atoms with E-state index >= 15 is 0 Å². The highest BCUT2D eigenvalue weighted by Crippen LogP contribution is 2.03. The Morgan fingerprint density at radius 3 is 2.29 bits per heavy atom. The first kappa shape index (κ1) is 10.1. The number of carbonyl (C=O) groups excluding carboxylic acids is 1. The SMILES string of the molecule is N=C(CC(=O)c1ccccc1)C(=O)O. The van der Waals surface area contributed by atoms with E-state index < -0.39 is 11.7 Å². The van der Waals surface area contributed by atoms with E-state index in [-0.39, 0.29) is 12.2 Å². The molecule has 0 aliphatic carbocycles. The van der Waals surface area contributed by atoms with Crippen molar-refractivity contribution in [3.05, 3.63) is 35.9 Å². The maximum atomic E-state index is 11.4. The van der Waals surface area contributed by atoms with Gasteiger partial charge in [-0.2, -0.15) is 0 Å². The highest BCUT2D eigenvalue weighted by molar-refractivity contribution is 6.38. The third kappa shape index (κ3) is 2.52. The monoisotopic (exact) mass is 191 g/mol. The first-order valence-electron chi connectivity index (χ1n) is 4.00. The van der Waals surface area contributed by atoms with E-state index in [1.807, 2.05) is 0 Å². The molecular formula is C10H9NO3. The van der Waals surface area contributed by atoms with Crippen LogP contribution in [-0.2, 0) is 4.79 Å². The molecule has 0 unspecified atom stereocenters. The van der Waals surface area contributed by atoms with Gasteiger partial charge in [0.05, 0.1) is 6.42 Å². The number of carbonyl (C=O) groups is 2. The minimum absolute atomic E-state index is 0.349. The number of carboxylic acid groups (broad SMARTS) is 1. The van der Waals surface area contributed by atoms with E-state index in [9.17, 15) is 9.59 Å². The van der Waals surface area contributed by atoms with E-state index in [1.54, 1.807) is 30.3 Å². The first-order valence-corrected chi connectivity index (χ1v) is 4.00. The molecule has 0 radical (unpaired) electrons. The van der Waals surface area contributed by atoms with Gasteiger partial charge in [0.15, 0.2) is 5.78 Å². The number of aliphatic carboxylic acids is 1. The molecule has 0 saturated heterocycles. The highest BCUT2D eigenvalue weighted by Gasteiger charge is 2.13. The van der Waals surface area contributed by atoms with Gasteiger partial charge in [-0.25, -0.2) is 4.79 Å². The fraction of sp³-hybridized carbons (Fsp3) is 0.100. The van der Waals surface area contributed by atoms with Gasteiger partial charge in [-0.1, -0.05) is 30.3 Å². The number of benzene rings is 1. The Morgan fingerprint density at radius 1 is 1.21 bits per heavy atom. The number of carboxylic acids is 1. The molecule has 0 fully saturated rings. The van der Waals surface area contributed by atoms with Gasteiger partial charge < -0.3 is 5.11 Å². The average Bonchev–Trinajstić information content (AvgIpc) is 2.19. The van der Waals surface area contributed by atoms with Crippen LogP contribution in [0.2, 0.25) is 0 Å². The van der Waals surface area contributed by atoms with Crippen molar-refractivity contribution < 1.29 is 14.7 Å². The summed E-state index contributed by atoms with van der Waals surface area (Å²) in [5, 5.41) is 15.4. The summed E-state index contributed by atoms with van der Waals surface area (Å²) in [6.07, 6.45) is -0.362. The summed E-state index contributed by atoms with van der Waals surface area (Å²) in [6, 6.07) is 8.34. The summed E-state index contributed by atoms with van der Waals surface area (Å²) in [7, 11) is 0. The number of hydrogen-bond donors (Lipinski definition) is 2. The van der Waals surface area contributed by atoms with Crippen LogP contribution in [0.4, 0.5) is 0 Å². The molecule has 0 aliphatic heterocycles. The van der Waals surface area contributed by atoms with E-state index in [4.69, 9.17) is 10.5 Å². The molecule has 72 valence electrons. The molecule has 4 heteroatoms. The summed E-state index contributed by atoms with van der Waals surface area (Å²) in [6.45, 7) is 0. The van der Waals surface area contributed by atoms with Crippen molar-refractivity contribution in [2.45, 2.75) is 6.42 Å². The number of nitrogens with one attached hydrogen (secondary N) is 1. The van der Waals surface area contributed by atoms with Crippen LogP contribution in [0.5, 0.6) is 0 Å². The Morgan fingerprint density at radius 2 is 1.79 bits per heavy atom. The lowest BCUT2D eigenvalue weighted by atomic mass is 10.1. The smallest absolute Gasteiger partial charge is 0.349 e. The van der Waals surface area contributed by atoms with Crippen LogP contribution in [-0.4, -0.2) is 22.6 Å². The summed E-state index contributed by atoms with van der Waals surface area (Å²) >= 11 is 0. The fourth-order valence-corrected chi connectivity index (χ4v) is 0.962. The second-order valence-electron chi connectivity index (χ2n) is 2.75. The van der Waals surface area contributed by atoms with Crippen LogP contribution in [0, 0.1) is 5.41 Å². The average molecular weight is 191 g/mol. The molecule has 0 amide bonds. The number of hydrogen-bond acceptors (Lipinski definition) is 3. The lowest BCUT2D eigenvalue weighted by molar-refractivity contribution is -0.129. The van der Waals surface area contributed by atoms with Gasteiger partial charge in [0, 0.05) is 5.56 Å². The second-order valence-corrected chi connectivity index (χ2v) is 2.75. The molecule has 14 heavy (non-hydrogen) atoms. The molecule has 0 saturated carbocycles. The van der Waals surface area contributed by atoms with Crippen LogP contribution >= 0.6 is 0 Å². The van der Waals surface area contributed by atoms with Gasteiger partial charge >= 0.3 is 5.97 Å². The van der Waals surface area contributed by atoms with Crippen LogP contribution in [0.25, 0.3) is 0 Å². The van der Waals surface area contributed by atoms with E-state index in [0.717, 1.165) is 0 Å². The third-order valence-electron chi connectivity index (χ3n) is 1.69. The molecule has 1 rings (SSSR count). The fourth-order valence-electron chi connectivity index (χ4n) is 0.962. The van der Waals surface area contributed by atoms with Gasteiger partial charge in [0.25, 0.3) is 0 Å². The summed E-state index contributed by atoms with van der Waals surface area (Å²) in [4.78, 5) is 21.6. The zero-order chi connectivity index (χ0) is 10.6. The van der Waals surface area contributed by atoms with Gasteiger partial charge in [-0.3, -0.25) is 10.2 Å². The summed E-state index contributed by atoms with van der Waals surface area (Å²) in [5.41, 5.74) is -0.155. The molecule has 1 aromatic carbocycles. The maximum Gasteiger partial charge on any atom is 0.349 e.